The van der Waals surface area contributed by atoms with Crippen molar-refractivity contribution in [1.29, 1.82) is 0 Å². The van der Waals surface area contributed by atoms with E-state index in [4.69, 9.17) is 0 Å². The molecule has 6 heteroatoms. The summed E-state index contributed by atoms with van der Waals surface area (Å²) in [7, 11) is 0. The number of hydrogen-bond donors (Lipinski definition) is 1. The molecule has 1 unspecified atom stereocenters. The lowest BCUT2D eigenvalue weighted by Gasteiger charge is -2.24. The van der Waals surface area contributed by atoms with E-state index >= 15 is 0 Å². The van der Waals surface area contributed by atoms with Crippen LogP contribution in [0, 0.1) is 24.0 Å². The van der Waals surface area contributed by atoms with E-state index in [0.29, 0.717) is 18.7 Å². The van der Waals surface area contributed by atoms with E-state index in [1.165, 1.54) is 6.07 Å². The Labute approximate surface area is 110 Å². The first-order valence-electron chi connectivity index (χ1n) is 6.17. The number of carboxylic acid groups (broad SMARTS) is 1. The molecule has 19 heavy (non-hydrogen) atoms. The maximum atomic E-state index is 11.2. The van der Waals surface area contributed by atoms with Crippen LogP contribution in [0.3, 0.4) is 0 Å². The Balaban J connectivity index is 2.51. The molecule has 1 fully saturated rings. The highest BCUT2D eigenvalue weighted by molar-refractivity contribution is 5.81. The predicted octanol–water partition coefficient (Wildman–Crippen LogP) is 2.27. The number of carbonyl (C=O) groups is 1. The molecule has 1 atom stereocenters. The zero-order valence-electron chi connectivity index (χ0n) is 10.9. The lowest BCUT2D eigenvalue weighted by Crippen LogP contribution is -2.36. The number of aliphatic carboxylic acids is 1. The Kier molecular flexibility index (Phi) is 3.42. The van der Waals surface area contributed by atoms with Gasteiger partial charge in [-0.2, -0.15) is 0 Å². The Morgan fingerprint density at radius 3 is 2.63 bits per heavy atom. The normalized spacial score (nSPS) is 18.6. The van der Waals surface area contributed by atoms with Crippen LogP contribution < -0.4 is 4.90 Å². The number of hydrogen-bond acceptors (Lipinski definition) is 4. The van der Waals surface area contributed by atoms with Gasteiger partial charge in [-0.25, -0.2) is 4.79 Å². The van der Waals surface area contributed by atoms with E-state index in [0.717, 1.165) is 17.5 Å². The van der Waals surface area contributed by atoms with Crippen LogP contribution in [0.15, 0.2) is 12.1 Å². The summed E-state index contributed by atoms with van der Waals surface area (Å²) >= 11 is 0. The molecule has 2 rings (SSSR count). The van der Waals surface area contributed by atoms with Crippen LogP contribution >= 0.6 is 0 Å². The number of carboxylic acids is 1. The van der Waals surface area contributed by atoms with E-state index < -0.39 is 16.9 Å². The quantitative estimate of drug-likeness (QED) is 0.668. The minimum atomic E-state index is -0.926. The Bertz CT molecular complexity index is 542. The second-order valence-electron chi connectivity index (χ2n) is 4.87. The second kappa shape index (κ2) is 4.87. The van der Waals surface area contributed by atoms with Crippen LogP contribution in [0.1, 0.15) is 24.0 Å². The summed E-state index contributed by atoms with van der Waals surface area (Å²) in [6.45, 7) is 4.22. The molecule has 102 valence electrons. The first kappa shape index (κ1) is 13.3. The molecule has 0 aliphatic carbocycles. The van der Waals surface area contributed by atoms with Gasteiger partial charge in [0.05, 0.1) is 4.92 Å². The molecule has 1 aliphatic rings. The molecule has 1 N–H and O–H groups in total. The summed E-state index contributed by atoms with van der Waals surface area (Å²) in [4.78, 5) is 23.5. The van der Waals surface area contributed by atoms with Gasteiger partial charge in [-0.05, 0) is 43.9 Å². The van der Waals surface area contributed by atoms with Crippen LogP contribution in [-0.2, 0) is 4.79 Å². The Morgan fingerprint density at radius 2 is 2.05 bits per heavy atom. The standard InChI is InChI=1S/C13H16N2O4/c1-8-6-11(12(15(18)19)7-9(8)2)14-5-3-4-10(14)13(16)17/h6-7,10H,3-5H2,1-2H3,(H,16,17). The predicted molar refractivity (Wildman–Crippen MR) is 70.6 cm³/mol. The number of benzene rings is 1. The third-order valence-electron chi connectivity index (χ3n) is 3.63. The molecule has 1 heterocycles. The lowest BCUT2D eigenvalue weighted by atomic mass is 10.1. The second-order valence-corrected chi connectivity index (χ2v) is 4.87. The van der Waals surface area contributed by atoms with E-state index in [1.807, 2.05) is 13.8 Å². The zero-order valence-corrected chi connectivity index (χ0v) is 10.9. The minimum Gasteiger partial charge on any atom is -0.480 e. The number of aryl methyl sites for hydroxylation is 2. The van der Waals surface area contributed by atoms with E-state index in [1.54, 1.807) is 11.0 Å². The van der Waals surface area contributed by atoms with Crippen molar-refractivity contribution in [3.63, 3.8) is 0 Å². The highest BCUT2D eigenvalue weighted by Gasteiger charge is 2.34. The molecule has 0 radical (unpaired) electrons. The number of nitro groups is 1. The van der Waals surface area contributed by atoms with Gasteiger partial charge in [-0.1, -0.05) is 0 Å². The van der Waals surface area contributed by atoms with Crippen molar-refractivity contribution in [1.82, 2.24) is 0 Å². The third kappa shape index (κ3) is 2.38. The number of rotatable bonds is 3. The smallest absolute Gasteiger partial charge is 0.326 e. The van der Waals surface area contributed by atoms with E-state index in [-0.39, 0.29) is 5.69 Å². The van der Waals surface area contributed by atoms with Gasteiger partial charge in [0, 0.05) is 12.6 Å². The molecule has 1 aromatic rings. The fourth-order valence-electron chi connectivity index (χ4n) is 2.47. The van der Waals surface area contributed by atoms with Crippen LogP contribution in [0.2, 0.25) is 0 Å². The molecule has 1 saturated heterocycles. The molecular weight excluding hydrogens is 248 g/mol. The fourth-order valence-corrected chi connectivity index (χ4v) is 2.47. The number of nitro benzene ring substituents is 1. The number of anilines is 1. The Morgan fingerprint density at radius 1 is 1.42 bits per heavy atom. The maximum absolute atomic E-state index is 11.2. The molecule has 0 aromatic heterocycles. The van der Waals surface area contributed by atoms with Crippen molar-refractivity contribution in [3.05, 3.63) is 33.4 Å². The van der Waals surface area contributed by atoms with Gasteiger partial charge in [0.25, 0.3) is 5.69 Å². The molecular formula is C13H16N2O4. The molecule has 0 amide bonds. The first-order valence-corrected chi connectivity index (χ1v) is 6.17. The summed E-state index contributed by atoms with van der Waals surface area (Å²) in [5.74, 6) is -0.926. The van der Waals surface area contributed by atoms with E-state index in [9.17, 15) is 20.0 Å². The fraction of sp³-hybridized carbons (Fsp3) is 0.462. The van der Waals surface area contributed by atoms with Crippen LogP contribution in [-0.4, -0.2) is 28.6 Å². The summed E-state index contributed by atoms with van der Waals surface area (Å²) < 4.78 is 0. The summed E-state index contributed by atoms with van der Waals surface area (Å²) in [6, 6.07) is 2.57. The highest BCUT2D eigenvalue weighted by atomic mass is 16.6. The van der Waals surface area contributed by atoms with Crippen molar-refractivity contribution in [2.45, 2.75) is 32.7 Å². The Hall–Kier alpha value is -2.11. The van der Waals surface area contributed by atoms with Gasteiger partial charge in [0.15, 0.2) is 0 Å². The average molecular weight is 264 g/mol. The largest absolute Gasteiger partial charge is 0.480 e. The van der Waals surface area contributed by atoms with Crippen molar-refractivity contribution < 1.29 is 14.8 Å². The molecule has 1 aliphatic heterocycles. The average Bonchev–Trinajstić information content (AvgIpc) is 2.80. The van der Waals surface area contributed by atoms with Gasteiger partial charge >= 0.3 is 5.97 Å². The highest BCUT2D eigenvalue weighted by Crippen LogP contribution is 2.35. The van der Waals surface area contributed by atoms with Crippen LogP contribution in [0.4, 0.5) is 11.4 Å². The van der Waals surface area contributed by atoms with Gasteiger partial charge < -0.3 is 10.0 Å². The van der Waals surface area contributed by atoms with Crippen molar-refractivity contribution in [2.24, 2.45) is 0 Å². The first-order chi connectivity index (χ1) is 8.91. The van der Waals surface area contributed by atoms with Crippen molar-refractivity contribution >= 4 is 17.3 Å². The van der Waals surface area contributed by atoms with Gasteiger partial charge in [0.2, 0.25) is 0 Å². The monoisotopic (exact) mass is 264 g/mol. The van der Waals surface area contributed by atoms with Gasteiger partial charge in [-0.3, -0.25) is 10.1 Å². The maximum Gasteiger partial charge on any atom is 0.326 e. The third-order valence-corrected chi connectivity index (χ3v) is 3.63. The van der Waals surface area contributed by atoms with Crippen molar-refractivity contribution in [3.8, 4) is 0 Å². The van der Waals surface area contributed by atoms with E-state index in [2.05, 4.69) is 0 Å². The molecule has 0 bridgehead atoms. The molecule has 6 nitrogen and oxygen atoms in total. The van der Waals surface area contributed by atoms with Crippen LogP contribution in [0.5, 0.6) is 0 Å². The molecule has 0 saturated carbocycles. The van der Waals surface area contributed by atoms with Gasteiger partial charge in [0.1, 0.15) is 11.7 Å². The lowest BCUT2D eigenvalue weighted by molar-refractivity contribution is -0.384. The van der Waals surface area contributed by atoms with Crippen molar-refractivity contribution in [2.75, 3.05) is 11.4 Å². The summed E-state index contributed by atoms with van der Waals surface area (Å²) in [6.07, 6.45) is 1.26. The topological polar surface area (TPSA) is 83.7 Å². The zero-order chi connectivity index (χ0) is 14.2. The molecule has 0 spiro atoms. The van der Waals surface area contributed by atoms with Crippen LogP contribution in [0.25, 0.3) is 0 Å². The molecule has 1 aromatic carbocycles. The van der Waals surface area contributed by atoms with Gasteiger partial charge in [-0.15, -0.1) is 0 Å². The SMILES string of the molecule is Cc1cc(N2CCCC2C(=O)O)c([N+](=O)[O-])cc1C. The number of nitrogens with zero attached hydrogens (tertiary/aromatic N) is 2. The summed E-state index contributed by atoms with van der Waals surface area (Å²) in [5, 5.41) is 20.3. The minimum absolute atomic E-state index is 0.0174. The summed E-state index contributed by atoms with van der Waals surface area (Å²) in [5.41, 5.74) is 2.16.